The lowest BCUT2D eigenvalue weighted by atomic mass is 9.89. The second kappa shape index (κ2) is 5.91. The Kier molecular flexibility index (Phi) is 4.75. The molecule has 3 atom stereocenters. The maximum Gasteiger partial charge on any atom is 0.0795 e. The molecule has 2 aliphatic rings. The Morgan fingerprint density at radius 3 is 2.94 bits per heavy atom. The molecule has 0 aromatic carbocycles. The van der Waals surface area contributed by atoms with Crippen LogP contribution in [0.5, 0.6) is 0 Å². The smallest absolute Gasteiger partial charge is 0.0795 e. The lowest BCUT2D eigenvalue weighted by Crippen LogP contribution is -2.51. The molecule has 2 fully saturated rings. The van der Waals surface area contributed by atoms with Crippen LogP contribution in [0.15, 0.2) is 0 Å². The van der Waals surface area contributed by atoms with Crippen LogP contribution in [0.4, 0.5) is 0 Å². The Labute approximate surface area is 109 Å². The maximum absolute atomic E-state index is 9.39. The van der Waals surface area contributed by atoms with Crippen molar-refractivity contribution in [3.05, 3.63) is 0 Å². The van der Waals surface area contributed by atoms with Crippen molar-refractivity contribution in [2.45, 2.75) is 50.8 Å². The van der Waals surface area contributed by atoms with Gasteiger partial charge in [0.2, 0.25) is 0 Å². The van der Waals surface area contributed by atoms with Crippen molar-refractivity contribution in [3.63, 3.8) is 0 Å². The Morgan fingerprint density at radius 1 is 1.53 bits per heavy atom. The monoisotopic (exact) mass is 259 g/mol. The number of hydrogen-bond donors (Lipinski definition) is 2. The van der Waals surface area contributed by atoms with Crippen molar-refractivity contribution < 1.29 is 9.84 Å². The fraction of sp³-hybridized carbons (Fsp3) is 1.00. The Balaban J connectivity index is 1.88. The predicted molar refractivity (Wildman–Crippen MR) is 72.5 cm³/mol. The summed E-state index contributed by atoms with van der Waals surface area (Å²) < 4.78 is 6.01. The summed E-state index contributed by atoms with van der Waals surface area (Å²) in [5.74, 6) is 2.87. The van der Waals surface area contributed by atoms with Gasteiger partial charge < -0.3 is 15.2 Å². The molecule has 2 heterocycles. The summed E-state index contributed by atoms with van der Waals surface area (Å²) in [4.78, 5) is 0. The zero-order chi connectivity index (χ0) is 12.3. The molecule has 0 amide bonds. The van der Waals surface area contributed by atoms with Gasteiger partial charge in [0.1, 0.15) is 0 Å². The molecule has 0 bridgehead atoms. The van der Waals surface area contributed by atoms with Crippen LogP contribution in [-0.2, 0) is 4.74 Å². The third kappa shape index (κ3) is 3.37. The number of aliphatic hydroxyl groups is 1. The number of aliphatic hydroxyl groups excluding tert-OH is 1. The lowest BCUT2D eigenvalue weighted by Gasteiger charge is -2.40. The molecule has 17 heavy (non-hydrogen) atoms. The van der Waals surface area contributed by atoms with E-state index in [1.165, 1.54) is 12.2 Å². The van der Waals surface area contributed by atoms with Crippen molar-refractivity contribution in [2.24, 2.45) is 5.92 Å². The molecule has 2 rings (SSSR count). The summed E-state index contributed by atoms with van der Waals surface area (Å²) in [7, 11) is 0. The molecule has 2 saturated heterocycles. The van der Waals surface area contributed by atoms with Crippen LogP contribution < -0.4 is 5.32 Å². The summed E-state index contributed by atoms with van der Waals surface area (Å²) in [5, 5.41) is 13.0. The average Bonchev–Trinajstić information content (AvgIpc) is 2.74. The van der Waals surface area contributed by atoms with Crippen molar-refractivity contribution in [1.29, 1.82) is 0 Å². The minimum Gasteiger partial charge on any atom is -0.395 e. The average molecular weight is 259 g/mol. The highest BCUT2D eigenvalue weighted by molar-refractivity contribution is 7.99. The molecule has 0 radical (unpaired) electrons. The van der Waals surface area contributed by atoms with E-state index in [-0.39, 0.29) is 18.2 Å². The summed E-state index contributed by atoms with van der Waals surface area (Å²) in [5.41, 5.74) is 0.136. The first-order chi connectivity index (χ1) is 8.15. The van der Waals surface area contributed by atoms with Crippen LogP contribution in [0.2, 0.25) is 0 Å². The number of ether oxygens (including phenoxy) is 1. The highest BCUT2D eigenvalue weighted by Gasteiger charge is 2.40. The molecule has 2 aliphatic heterocycles. The Bertz CT molecular complexity index is 242. The van der Waals surface area contributed by atoms with E-state index in [4.69, 9.17) is 4.74 Å². The molecule has 1 spiro atoms. The second-order valence-electron chi connectivity index (χ2n) is 5.72. The molecular formula is C13H25NO2S. The van der Waals surface area contributed by atoms with Crippen molar-refractivity contribution in [1.82, 2.24) is 5.32 Å². The van der Waals surface area contributed by atoms with Gasteiger partial charge in [0, 0.05) is 24.4 Å². The minimum absolute atomic E-state index is 0.136. The van der Waals surface area contributed by atoms with Gasteiger partial charge in [-0.2, -0.15) is 11.8 Å². The molecular weight excluding hydrogens is 234 g/mol. The molecule has 0 aromatic heterocycles. The molecule has 2 N–H and O–H groups in total. The predicted octanol–water partition coefficient (Wildman–Crippen LogP) is 1.65. The first kappa shape index (κ1) is 13.7. The minimum atomic E-state index is 0.136. The van der Waals surface area contributed by atoms with Crippen molar-refractivity contribution in [3.8, 4) is 0 Å². The molecule has 100 valence electrons. The van der Waals surface area contributed by atoms with Crippen LogP contribution in [-0.4, -0.2) is 47.5 Å². The first-order valence-electron chi connectivity index (χ1n) is 6.74. The number of nitrogens with one attached hydrogen (secondary N) is 1. The Morgan fingerprint density at radius 2 is 2.35 bits per heavy atom. The molecule has 4 heteroatoms. The Hall–Kier alpha value is 0.230. The zero-order valence-corrected chi connectivity index (χ0v) is 11.8. The summed E-state index contributed by atoms with van der Waals surface area (Å²) in [6.45, 7) is 5.42. The van der Waals surface area contributed by atoms with Crippen LogP contribution in [0.25, 0.3) is 0 Å². The van der Waals surface area contributed by atoms with E-state index in [1.54, 1.807) is 0 Å². The first-order valence-corrected chi connectivity index (χ1v) is 7.89. The highest BCUT2D eigenvalue weighted by Crippen LogP contribution is 2.38. The van der Waals surface area contributed by atoms with Gasteiger partial charge >= 0.3 is 0 Å². The van der Waals surface area contributed by atoms with E-state index >= 15 is 0 Å². The van der Waals surface area contributed by atoms with Gasteiger partial charge in [0.05, 0.1) is 12.2 Å². The third-order valence-electron chi connectivity index (χ3n) is 4.01. The van der Waals surface area contributed by atoms with Gasteiger partial charge in [0.25, 0.3) is 0 Å². The van der Waals surface area contributed by atoms with Gasteiger partial charge in [-0.25, -0.2) is 0 Å². The van der Waals surface area contributed by atoms with Crippen molar-refractivity contribution in [2.75, 3.05) is 24.7 Å². The van der Waals surface area contributed by atoms with Crippen molar-refractivity contribution >= 4 is 11.8 Å². The van der Waals surface area contributed by atoms with E-state index in [0.717, 1.165) is 25.2 Å². The zero-order valence-electron chi connectivity index (χ0n) is 10.9. The van der Waals surface area contributed by atoms with Gasteiger partial charge in [0.15, 0.2) is 0 Å². The molecule has 0 saturated carbocycles. The lowest BCUT2D eigenvalue weighted by molar-refractivity contribution is -0.0727. The van der Waals surface area contributed by atoms with Gasteiger partial charge in [-0.1, -0.05) is 13.8 Å². The van der Waals surface area contributed by atoms with Crippen LogP contribution in [0, 0.1) is 5.92 Å². The number of rotatable bonds is 4. The second-order valence-corrected chi connectivity index (χ2v) is 6.83. The highest BCUT2D eigenvalue weighted by atomic mass is 32.2. The third-order valence-corrected chi connectivity index (χ3v) is 5.23. The molecule has 0 aromatic rings. The molecule has 3 nitrogen and oxygen atoms in total. The van der Waals surface area contributed by atoms with E-state index in [9.17, 15) is 5.11 Å². The maximum atomic E-state index is 9.39. The summed E-state index contributed by atoms with van der Waals surface area (Å²) in [6.07, 6.45) is 3.39. The quantitative estimate of drug-likeness (QED) is 0.805. The number of thioether (sulfide) groups is 1. The topological polar surface area (TPSA) is 41.5 Å². The van der Waals surface area contributed by atoms with Gasteiger partial charge in [-0.3, -0.25) is 0 Å². The SMILES string of the molecule is CC(C)C(CO)NC1CCOC2(CCSC2)C1. The fourth-order valence-corrected chi connectivity index (χ4v) is 4.17. The van der Waals surface area contributed by atoms with E-state index in [2.05, 4.69) is 19.2 Å². The van der Waals surface area contributed by atoms with E-state index in [1.807, 2.05) is 11.8 Å². The van der Waals surface area contributed by atoms with Crippen LogP contribution in [0.3, 0.4) is 0 Å². The number of hydrogen-bond acceptors (Lipinski definition) is 4. The van der Waals surface area contributed by atoms with Gasteiger partial charge in [-0.05, 0) is 30.9 Å². The van der Waals surface area contributed by atoms with Gasteiger partial charge in [-0.15, -0.1) is 0 Å². The molecule has 3 unspecified atom stereocenters. The van der Waals surface area contributed by atoms with E-state index in [0.29, 0.717) is 12.0 Å². The molecule has 0 aliphatic carbocycles. The van der Waals surface area contributed by atoms with Crippen LogP contribution in [0.1, 0.15) is 33.1 Å². The largest absolute Gasteiger partial charge is 0.395 e. The summed E-state index contributed by atoms with van der Waals surface area (Å²) in [6, 6.07) is 0.742. The standard InChI is InChI=1S/C13H25NO2S/c1-10(2)12(8-15)14-11-3-5-16-13(7-11)4-6-17-9-13/h10-12,14-15H,3-9H2,1-2H3. The van der Waals surface area contributed by atoms with Crippen LogP contribution >= 0.6 is 11.8 Å². The van der Waals surface area contributed by atoms with E-state index < -0.39 is 0 Å². The normalized spacial score (nSPS) is 35.6. The summed E-state index contributed by atoms with van der Waals surface area (Å²) >= 11 is 2.01. The fourth-order valence-electron chi connectivity index (χ4n) is 2.79.